The predicted molar refractivity (Wildman–Crippen MR) is 108 cm³/mol. The maximum Gasteiger partial charge on any atom is 0.274 e. The Bertz CT molecular complexity index is 753. The molecular weight excluding hydrogens is 340 g/mol. The van der Waals surface area contributed by atoms with Crippen LogP contribution in [0.15, 0.2) is 36.7 Å². The van der Waals surface area contributed by atoms with Crippen LogP contribution < -0.4 is 10.2 Å². The molecule has 1 N–H and O–H groups in total. The number of anilines is 2. The molecular formula is C20H28N6O. The monoisotopic (exact) mass is 368 g/mol. The Kier molecular flexibility index (Phi) is 6.24. The van der Waals surface area contributed by atoms with E-state index in [0.29, 0.717) is 24.6 Å². The summed E-state index contributed by atoms with van der Waals surface area (Å²) in [5.41, 5.74) is 2.87. The summed E-state index contributed by atoms with van der Waals surface area (Å²) in [5.74, 6) is 0.643. The normalized spacial score (nSPS) is 14.5. The van der Waals surface area contributed by atoms with Crippen LogP contribution in [0.1, 0.15) is 16.1 Å². The minimum Gasteiger partial charge on any atom is -0.368 e. The highest BCUT2D eigenvalue weighted by atomic mass is 16.2. The van der Waals surface area contributed by atoms with E-state index in [2.05, 4.69) is 56.3 Å². The first-order valence-corrected chi connectivity index (χ1v) is 9.34. The second-order valence-electron chi connectivity index (χ2n) is 7.14. The molecule has 7 nitrogen and oxygen atoms in total. The van der Waals surface area contributed by atoms with Crippen molar-refractivity contribution in [2.75, 3.05) is 63.6 Å². The molecule has 1 saturated heterocycles. The molecule has 0 spiro atoms. The number of amides is 1. The van der Waals surface area contributed by atoms with E-state index in [9.17, 15) is 4.79 Å². The first kappa shape index (κ1) is 19.1. The van der Waals surface area contributed by atoms with Gasteiger partial charge in [-0.3, -0.25) is 4.79 Å². The Morgan fingerprint density at radius 1 is 1.15 bits per heavy atom. The van der Waals surface area contributed by atoms with Crippen LogP contribution >= 0.6 is 0 Å². The lowest BCUT2D eigenvalue weighted by molar-refractivity contribution is 0.0740. The average molecular weight is 368 g/mol. The molecule has 0 atom stereocenters. The summed E-state index contributed by atoms with van der Waals surface area (Å²) >= 11 is 0. The average Bonchev–Trinajstić information content (AvgIpc) is 2.68. The molecule has 27 heavy (non-hydrogen) atoms. The molecule has 144 valence electrons. The summed E-state index contributed by atoms with van der Waals surface area (Å²) in [6.07, 6.45) is 3.19. The molecule has 7 heteroatoms. The van der Waals surface area contributed by atoms with Crippen molar-refractivity contribution in [3.63, 3.8) is 0 Å². The molecule has 1 amide bonds. The van der Waals surface area contributed by atoms with Gasteiger partial charge in [0, 0.05) is 45.0 Å². The Labute approximate surface area is 161 Å². The summed E-state index contributed by atoms with van der Waals surface area (Å²) in [5, 5.41) is 3.20. The van der Waals surface area contributed by atoms with Gasteiger partial charge in [0.1, 0.15) is 11.5 Å². The van der Waals surface area contributed by atoms with Gasteiger partial charge in [0.25, 0.3) is 5.91 Å². The molecule has 1 aromatic carbocycles. The van der Waals surface area contributed by atoms with Gasteiger partial charge in [0.2, 0.25) is 0 Å². The highest BCUT2D eigenvalue weighted by Crippen LogP contribution is 2.18. The van der Waals surface area contributed by atoms with E-state index in [1.807, 2.05) is 19.0 Å². The molecule has 0 bridgehead atoms. The summed E-state index contributed by atoms with van der Waals surface area (Å²) in [6.45, 7) is 6.83. The van der Waals surface area contributed by atoms with Crippen LogP contribution in [0.2, 0.25) is 0 Å². The van der Waals surface area contributed by atoms with Gasteiger partial charge in [-0.05, 0) is 38.7 Å². The summed E-state index contributed by atoms with van der Waals surface area (Å²) < 4.78 is 0. The molecule has 0 unspecified atom stereocenters. The number of aromatic nitrogens is 2. The third-order valence-corrected chi connectivity index (χ3v) is 4.67. The fraction of sp³-hybridized carbons (Fsp3) is 0.450. The molecule has 2 aromatic rings. The maximum absolute atomic E-state index is 12.7. The van der Waals surface area contributed by atoms with Gasteiger partial charge in [-0.1, -0.05) is 12.1 Å². The topological polar surface area (TPSA) is 64.6 Å². The second kappa shape index (κ2) is 8.81. The van der Waals surface area contributed by atoms with Crippen LogP contribution in [-0.2, 0) is 0 Å². The van der Waals surface area contributed by atoms with Crippen molar-refractivity contribution in [3.8, 4) is 0 Å². The zero-order valence-corrected chi connectivity index (χ0v) is 16.4. The quantitative estimate of drug-likeness (QED) is 0.838. The molecule has 0 radical (unpaired) electrons. The molecule has 1 aliphatic rings. The Morgan fingerprint density at radius 3 is 2.56 bits per heavy atom. The van der Waals surface area contributed by atoms with Crippen molar-refractivity contribution in [2.45, 2.75) is 6.92 Å². The molecule has 0 aliphatic carbocycles. The minimum atomic E-state index is -0.0498. The first-order valence-electron chi connectivity index (χ1n) is 9.34. The number of piperazine rings is 1. The van der Waals surface area contributed by atoms with Crippen LogP contribution in [0.4, 0.5) is 11.5 Å². The fourth-order valence-corrected chi connectivity index (χ4v) is 3.09. The van der Waals surface area contributed by atoms with Gasteiger partial charge >= 0.3 is 0 Å². The van der Waals surface area contributed by atoms with Crippen LogP contribution in [0.25, 0.3) is 0 Å². The number of rotatable bonds is 6. The van der Waals surface area contributed by atoms with E-state index in [1.54, 1.807) is 12.4 Å². The highest BCUT2D eigenvalue weighted by molar-refractivity contribution is 5.92. The second-order valence-corrected chi connectivity index (χ2v) is 7.14. The van der Waals surface area contributed by atoms with Crippen LogP contribution in [0, 0.1) is 6.92 Å². The molecule has 2 heterocycles. The van der Waals surface area contributed by atoms with Crippen molar-refractivity contribution in [1.29, 1.82) is 0 Å². The van der Waals surface area contributed by atoms with Gasteiger partial charge in [-0.2, -0.15) is 0 Å². The number of benzene rings is 1. The van der Waals surface area contributed by atoms with Crippen molar-refractivity contribution in [2.24, 2.45) is 0 Å². The number of carbonyl (C=O) groups is 1. The predicted octanol–water partition coefficient (Wildman–Crippen LogP) is 1.72. The Morgan fingerprint density at radius 2 is 1.93 bits per heavy atom. The summed E-state index contributed by atoms with van der Waals surface area (Å²) in [4.78, 5) is 27.6. The van der Waals surface area contributed by atoms with Gasteiger partial charge in [0.15, 0.2) is 0 Å². The van der Waals surface area contributed by atoms with Gasteiger partial charge < -0.3 is 20.0 Å². The maximum atomic E-state index is 12.7. The number of carbonyl (C=O) groups excluding carboxylic acids is 1. The van der Waals surface area contributed by atoms with E-state index >= 15 is 0 Å². The SMILES string of the molecule is Cc1cccc(N2CCN(C(=O)c3cnc(NCCN(C)C)cn3)CC2)c1. The third-order valence-electron chi connectivity index (χ3n) is 4.67. The standard InChI is InChI=1S/C20H28N6O/c1-16-5-4-6-17(13-16)25-9-11-26(12-10-25)20(27)18-14-23-19(15-22-18)21-7-8-24(2)3/h4-6,13-15H,7-12H2,1-3H3,(H,21,23). The smallest absolute Gasteiger partial charge is 0.274 e. The van der Waals surface area contributed by atoms with Crippen LogP contribution in [-0.4, -0.2) is 79.0 Å². The lowest BCUT2D eigenvalue weighted by atomic mass is 10.2. The number of hydrogen-bond donors (Lipinski definition) is 1. The van der Waals surface area contributed by atoms with E-state index in [0.717, 1.165) is 26.2 Å². The Hall–Kier alpha value is -2.67. The zero-order valence-electron chi connectivity index (χ0n) is 16.4. The number of nitrogens with zero attached hydrogens (tertiary/aromatic N) is 5. The van der Waals surface area contributed by atoms with Gasteiger partial charge in [0.05, 0.1) is 12.4 Å². The van der Waals surface area contributed by atoms with E-state index < -0.39 is 0 Å². The number of nitrogens with one attached hydrogen (secondary N) is 1. The zero-order chi connectivity index (χ0) is 19.2. The van der Waals surface area contributed by atoms with Crippen molar-refractivity contribution < 1.29 is 4.79 Å². The minimum absolute atomic E-state index is 0.0498. The van der Waals surface area contributed by atoms with Gasteiger partial charge in [-0.25, -0.2) is 9.97 Å². The van der Waals surface area contributed by atoms with E-state index in [-0.39, 0.29) is 5.91 Å². The molecule has 1 fully saturated rings. The third kappa shape index (κ3) is 5.17. The van der Waals surface area contributed by atoms with Crippen molar-refractivity contribution >= 4 is 17.4 Å². The number of aryl methyl sites for hydroxylation is 1. The molecule has 0 saturated carbocycles. The molecule has 1 aromatic heterocycles. The van der Waals surface area contributed by atoms with E-state index in [1.165, 1.54) is 11.3 Å². The van der Waals surface area contributed by atoms with Crippen LogP contribution in [0.5, 0.6) is 0 Å². The lowest BCUT2D eigenvalue weighted by Gasteiger charge is -2.36. The largest absolute Gasteiger partial charge is 0.368 e. The van der Waals surface area contributed by atoms with E-state index in [4.69, 9.17) is 0 Å². The number of hydrogen-bond acceptors (Lipinski definition) is 6. The highest BCUT2D eigenvalue weighted by Gasteiger charge is 2.23. The molecule has 1 aliphatic heterocycles. The Balaban J connectivity index is 1.53. The van der Waals surface area contributed by atoms with Gasteiger partial charge in [-0.15, -0.1) is 0 Å². The lowest BCUT2D eigenvalue weighted by Crippen LogP contribution is -2.49. The molecule has 3 rings (SSSR count). The summed E-state index contributed by atoms with van der Waals surface area (Å²) in [7, 11) is 4.04. The summed E-state index contributed by atoms with van der Waals surface area (Å²) in [6, 6.07) is 8.48. The van der Waals surface area contributed by atoms with Crippen LogP contribution in [0.3, 0.4) is 0 Å². The van der Waals surface area contributed by atoms with Crippen molar-refractivity contribution in [1.82, 2.24) is 19.8 Å². The van der Waals surface area contributed by atoms with Crippen molar-refractivity contribution in [3.05, 3.63) is 47.9 Å². The first-order chi connectivity index (χ1) is 13.0. The number of likely N-dealkylation sites (N-methyl/N-ethyl adjacent to an activating group) is 1. The fourth-order valence-electron chi connectivity index (χ4n) is 3.09.